The molecule has 3 nitrogen and oxygen atoms in total. The van der Waals surface area contributed by atoms with Crippen molar-refractivity contribution in [1.82, 2.24) is 0 Å². The molecule has 1 heterocycles. The SMILES string of the molecule is NC=CC1=NCCCCC1=O. The number of nitrogens with two attached hydrogens (primary N) is 1. The molecule has 1 aliphatic rings. The van der Waals surface area contributed by atoms with E-state index in [9.17, 15) is 4.79 Å². The minimum absolute atomic E-state index is 0.115. The number of aliphatic imine (C=N–C) groups is 1. The molecule has 0 radical (unpaired) electrons. The number of carbonyl (C=O) groups excluding carboxylic acids is 1. The van der Waals surface area contributed by atoms with Gasteiger partial charge < -0.3 is 5.73 Å². The van der Waals surface area contributed by atoms with Crippen molar-refractivity contribution in [2.45, 2.75) is 19.3 Å². The van der Waals surface area contributed by atoms with Gasteiger partial charge in [-0.15, -0.1) is 0 Å². The molecule has 0 saturated carbocycles. The topological polar surface area (TPSA) is 55.4 Å². The Balaban J connectivity index is 2.70. The van der Waals surface area contributed by atoms with Crippen LogP contribution >= 0.6 is 0 Å². The van der Waals surface area contributed by atoms with Crippen LogP contribution in [0.2, 0.25) is 0 Å². The van der Waals surface area contributed by atoms with E-state index in [4.69, 9.17) is 5.73 Å². The lowest BCUT2D eigenvalue weighted by Gasteiger charge is -1.92. The molecule has 0 bridgehead atoms. The molecule has 3 heteroatoms. The van der Waals surface area contributed by atoms with E-state index in [1.165, 1.54) is 6.20 Å². The molecule has 0 spiro atoms. The van der Waals surface area contributed by atoms with Crippen LogP contribution in [0.15, 0.2) is 17.3 Å². The Morgan fingerprint density at radius 2 is 2.27 bits per heavy atom. The number of carbonyl (C=O) groups is 1. The van der Waals surface area contributed by atoms with Crippen LogP contribution < -0.4 is 5.73 Å². The first-order valence-corrected chi connectivity index (χ1v) is 3.80. The highest BCUT2D eigenvalue weighted by molar-refractivity contribution is 6.44. The largest absolute Gasteiger partial charge is 0.405 e. The summed E-state index contributed by atoms with van der Waals surface area (Å²) in [5.74, 6) is 0.115. The molecular formula is C8H12N2O. The third-order valence-corrected chi connectivity index (χ3v) is 1.63. The summed E-state index contributed by atoms with van der Waals surface area (Å²) in [5, 5.41) is 0. The summed E-state index contributed by atoms with van der Waals surface area (Å²) in [6, 6.07) is 0. The number of hydrogen-bond donors (Lipinski definition) is 1. The molecule has 11 heavy (non-hydrogen) atoms. The summed E-state index contributed by atoms with van der Waals surface area (Å²) in [7, 11) is 0. The fraction of sp³-hybridized carbons (Fsp3) is 0.500. The molecular weight excluding hydrogens is 140 g/mol. The fourth-order valence-corrected chi connectivity index (χ4v) is 1.05. The second-order valence-corrected chi connectivity index (χ2v) is 2.51. The van der Waals surface area contributed by atoms with Crippen molar-refractivity contribution >= 4 is 11.5 Å². The van der Waals surface area contributed by atoms with Crippen LogP contribution in [0, 0.1) is 0 Å². The van der Waals surface area contributed by atoms with Gasteiger partial charge in [-0.2, -0.15) is 0 Å². The van der Waals surface area contributed by atoms with E-state index in [1.54, 1.807) is 6.08 Å². The second kappa shape index (κ2) is 3.91. The zero-order valence-corrected chi connectivity index (χ0v) is 6.42. The van der Waals surface area contributed by atoms with Gasteiger partial charge in [-0.1, -0.05) is 0 Å². The molecule has 2 N–H and O–H groups in total. The molecule has 0 saturated heterocycles. The molecule has 0 unspecified atom stereocenters. The molecule has 0 aromatic rings. The highest BCUT2D eigenvalue weighted by Gasteiger charge is 2.10. The molecule has 0 amide bonds. The van der Waals surface area contributed by atoms with Crippen molar-refractivity contribution < 1.29 is 4.79 Å². The van der Waals surface area contributed by atoms with Crippen molar-refractivity contribution in [3.05, 3.63) is 12.3 Å². The summed E-state index contributed by atoms with van der Waals surface area (Å²) < 4.78 is 0. The van der Waals surface area contributed by atoms with Crippen LogP contribution in [0.5, 0.6) is 0 Å². The van der Waals surface area contributed by atoms with Crippen LogP contribution in [0.1, 0.15) is 19.3 Å². The lowest BCUT2D eigenvalue weighted by atomic mass is 10.1. The van der Waals surface area contributed by atoms with E-state index >= 15 is 0 Å². The Morgan fingerprint density at radius 3 is 3.00 bits per heavy atom. The zero-order chi connectivity index (χ0) is 8.10. The van der Waals surface area contributed by atoms with Crippen LogP contribution in [-0.2, 0) is 4.79 Å². The monoisotopic (exact) mass is 152 g/mol. The number of rotatable bonds is 1. The van der Waals surface area contributed by atoms with Gasteiger partial charge in [0.05, 0.1) is 0 Å². The molecule has 0 fully saturated rings. The van der Waals surface area contributed by atoms with Gasteiger partial charge in [0.2, 0.25) is 0 Å². The first-order valence-electron chi connectivity index (χ1n) is 3.80. The maximum atomic E-state index is 11.2. The normalized spacial score (nSPS) is 20.0. The maximum absolute atomic E-state index is 11.2. The fourth-order valence-electron chi connectivity index (χ4n) is 1.05. The van der Waals surface area contributed by atoms with E-state index in [-0.39, 0.29) is 5.78 Å². The van der Waals surface area contributed by atoms with Gasteiger partial charge in [0.15, 0.2) is 5.78 Å². The Morgan fingerprint density at radius 1 is 1.45 bits per heavy atom. The first kappa shape index (κ1) is 7.98. The van der Waals surface area contributed by atoms with E-state index in [2.05, 4.69) is 4.99 Å². The summed E-state index contributed by atoms with van der Waals surface area (Å²) in [6.45, 7) is 0.755. The van der Waals surface area contributed by atoms with Crippen LogP contribution in [0.25, 0.3) is 0 Å². The third kappa shape index (κ3) is 2.18. The van der Waals surface area contributed by atoms with E-state index < -0.39 is 0 Å². The highest BCUT2D eigenvalue weighted by atomic mass is 16.1. The Bertz CT molecular complexity index is 206. The quantitative estimate of drug-likeness (QED) is 0.599. The Kier molecular flexibility index (Phi) is 2.83. The third-order valence-electron chi connectivity index (χ3n) is 1.63. The minimum Gasteiger partial charge on any atom is -0.405 e. The van der Waals surface area contributed by atoms with Gasteiger partial charge >= 0.3 is 0 Å². The van der Waals surface area contributed by atoms with E-state index in [0.29, 0.717) is 12.1 Å². The van der Waals surface area contributed by atoms with Crippen LogP contribution in [0.3, 0.4) is 0 Å². The van der Waals surface area contributed by atoms with Gasteiger partial charge in [-0.3, -0.25) is 9.79 Å². The predicted octanol–water partition coefficient (Wildman–Crippen LogP) is 0.653. The summed E-state index contributed by atoms with van der Waals surface area (Å²) >= 11 is 0. The number of ketones is 1. The van der Waals surface area contributed by atoms with Crippen LogP contribution in [-0.4, -0.2) is 18.0 Å². The second-order valence-electron chi connectivity index (χ2n) is 2.51. The predicted molar refractivity (Wildman–Crippen MR) is 44.5 cm³/mol. The number of hydrogen-bond acceptors (Lipinski definition) is 3. The molecule has 0 aliphatic carbocycles. The summed E-state index contributed by atoms with van der Waals surface area (Å²) in [5.41, 5.74) is 5.69. The summed E-state index contributed by atoms with van der Waals surface area (Å²) in [6.07, 6.45) is 5.51. The maximum Gasteiger partial charge on any atom is 0.180 e. The van der Waals surface area contributed by atoms with Gasteiger partial charge in [-0.05, 0) is 25.1 Å². The molecule has 0 atom stereocenters. The highest BCUT2D eigenvalue weighted by Crippen LogP contribution is 2.04. The van der Waals surface area contributed by atoms with Crippen molar-refractivity contribution in [3.63, 3.8) is 0 Å². The lowest BCUT2D eigenvalue weighted by molar-refractivity contribution is -0.112. The first-order chi connectivity index (χ1) is 5.34. The van der Waals surface area contributed by atoms with Crippen LogP contribution in [0.4, 0.5) is 0 Å². The number of allylic oxidation sites excluding steroid dienone is 1. The van der Waals surface area contributed by atoms with E-state index in [1.807, 2.05) is 0 Å². The average molecular weight is 152 g/mol. The van der Waals surface area contributed by atoms with Crippen molar-refractivity contribution in [2.24, 2.45) is 10.7 Å². The lowest BCUT2D eigenvalue weighted by Crippen LogP contribution is -2.09. The van der Waals surface area contributed by atoms with Gasteiger partial charge in [0.1, 0.15) is 5.71 Å². The van der Waals surface area contributed by atoms with Gasteiger partial charge in [0, 0.05) is 13.0 Å². The number of Topliss-reactive ketones (excluding diaryl/α,β-unsaturated/α-hetero) is 1. The molecule has 1 rings (SSSR count). The summed E-state index contributed by atoms with van der Waals surface area (Å²) in [4.78, 5) is 15.3. The molecule has 0 aromatic carbocycles. The van der Waals surface area contributed by atoms with Crippen molar-refractivity contribution in [2.75, 3.05) is 6.54 Å². The average Bonchev–Trinajstić information content (AvgIpc) is 2.18. The van der Waals surface area contributed by atoms with Crippen molar-refractivity contribution in [3.8, 4) is 0 Å². The molecule has 1 aliphatic heterocycles. The Hall–Kier alpha value is -1.12. The number of nitrogens with zero attached hydrogens (tertiary/aromatic N) is 1. The van der Waals surface area contributed by atoms with E-state index in [0.717, 1.165) is 19.4 Å². The van der Waals surface area contributed by atoms with Gasteiger partial charge in [0.25, 0.3) is 0 Å². The minimum atomic E-state index is 0.115. The standard InChI is InChI=1S/C8H12N2O/c9-5-4-7-8(11)3-1-2-6-10-7/h4-5H,1-3,6,9H2. The Labute approximate surface area is 66.0 Å². The van der Waals surface area contributed by atoms with Gasteiger partial charge in [-0.25, -0.2) is 0 Å². The smallest absolute Gasteiger partial charge is 0.180 e. The zero-order valence-electron chi connectivity index (χ0n) is 6.42. The molecule has 60 valence electrons. The van der Waals surface area contributed by atoms with Crippen molar-refractivity contribution in [1.29, 1.82) is 0 Å². The molecule has 0 aromatic heterocycles.